The average Bonchev–Trinajstić information content (AvgIpc) is 3.66. The van der Waals surface area contributed by atoms with Gasteiger partial charge in [-0.2, -0.15) is 0 Å². The first-order valence-corrected chi connectivity index (χ1v) is 29.0. The first-order valence-electron chi connectivity index (χ1n) is 29.0. The van der Waals surface area contributed by atoms with Crippen LogP contribution < -0.4 is 0 Å². The van der Waals surface area contributed by atoms with Crippen molar-refractivity contribution < 1.29 is 0 Å². The molecule has 0 spiro atoms. The van der Waals surface area contributed by atoms with Crippen LogP contribution in [-0.4, -0.2) is 0 Å². The molecule has 13 rings (SSSR count). The van der Waals surface area contributed by atoms with Crippen LogP contribution in [0.2, 0.25) is 0 Å². The third-order valence-electron chi connectivity index (χ3n) is 14.2. The minimum Gasteiger partial charge on any atom is -0.0622 e. The van der Waals surface area contributed by atoms with E-state index in [-0.39, 0.29) is 0 Å². The molecule has 0 aromatic heterocycles. The SMILES string of the molecule is Cc1ccc(-c2ccc(-c3ccccc3)cc2)cc1.Cc1ccc(-c2ccccc2)cc1.Cc1cccc(-c2ccc(-c3ccccc3)cc2)c1.Cc1cccc(-c2ccccc2)c1.Cc1ccccc1.Cc1ccccc1-c1ccccc1. The summed E-state index contributed by atoms with van der Waals surface area (Å²) in [5.41, 5.74) is 25.7. The monoisotopic (exact) mass is 1080 g/mol. The molecule has 0 bridgehead atoms. The lowest BCUT2D eigenvalue weighted by Crippen LogP contribution is -1.81. The van der Waals surface area contributed by atoms with Gasteiger partial charge < -0.3 is 0 Å². The lowest BCUT2D eigenvalue weighted by atomic mass is 9.99. The maximum atomic E-state index is 2.22. The Morgan fingerprint density at radius 3 is 0.619 bits per heavy atom. The van der Waals surface area contributed by atoms with Gasteiger partial charge in [-0.05, 0) is 125 Å². The van der Waals surface area contributed by atoms with E-state index in [9.17, 15) is 0 Å². The van der Waals surface area contributed by atoms with E-state index in [1.54, 1.807) is 0 Å². The maximum Gasteiger partial charge on any atom is -0.0155 e. The average molecular weight is 1090 g/mol. The van der Waals surface area contributed by atoms with Gasteiger partial charge in [0.25, 0.3) is 0 Å². The van der Waals surface area contributed by atoms with Gasteiger partial charge in [-0.1, -0.05) is 380 Å². The van der Waals surface area contributed by atoms with Gasteiger partial charge in [0.2, 0.25) is 0 Å². The highest BCUT2D eigenvalue weighted by Gasteiger charge is 2.03. The van der Waals surface area contributed by atoms with Gasteiger partial charge in [-0.15, -0.1) is 0 Å². The molecule has 0 unspecified atom stereocenters. The molecule has 0 heteroatoms. The molecule has 0 aliphatic rings. The first kappa shape index (κ1) is 60.0. The van der Waals surface area contributed by atoms with Crippen LogP contribution in [0.5, 0.6) is 0 Å². The van der Waals surface area contributed by atoms with E-state index in [4.69, 9.17) is 0 Å². The fourth-order valence-corrected chi connectivity index (χ4v) is 9.42. The quantitative estimate of drug-likeness (QED) is 0.149. The minimum absolute atomic E-state index is 1.26. The predicted octanol–water partition coefficient (Wildman–Crippen LogP) is 23.6. The van der Waals surface area contributed by atoms with Crippen LogP contribution in [0, 0.1) is 41.5 Å². The molecule has 0 nitrogen and oxygen atoms in total. The van der Waals surface area contributed by atoms with Gasteiger partial charge in [0.05, 0.1) is 0 Å². The summed E-state index contributed by atoms with van der Waals surface area (Å²) in [5, 5.41) is 0. The Bertz CT molecular complexity index is 3910. The first-order chi connectivity index (χ1) is 41.1. The largest absolute Gasteiger partial charge is 0.0622 e. The third-order valence-corrected chi connectivity index (χ3v) is 14.2. The fourth-order valence-electron chi connectivity index (χ4n) is 9.42. The molecule has 0 atom stereocenters. The Kier molecular flexibility index (Phi) is 23.1. The smallest absolute Gasteiger partial charge is 0.0155 e. The zero-order valence-electron chi connectivity index (χ0n) is 49.5. The summed E-state index contributed by atoms with van der Waals surface area (Å²) in [6.07, 6.45) is 0. The van der Waals surface area contributed by atoms with Crippen LogP contribution in [0.15, 0.2) is 352 Å². The highest BCUT2D eigenvalue weighted by Crippen LogP contribution is 2.28. The topological polar surface area (TPSA) is 0 Å². The second-order valence-electron chi connectivity index (χ2n) is 20.9. The van der Waals surface area contributed by atoms with E-state index in [0.29, 0.717) is 0 Å². The summed E-state index contributed by atoms with van der Waals surface area (Å²) in [6, 6.07) is 123. The summed E-state index contributed by atoms with van der Waals surface area (Å²) in [6.45, 7) is 12.7. The molecule has 0 radical (unpaired) electrons. The number of benzene rings is 13. The third kappa shape index (κ3) is 19.3. The van der Waals surface area contributed by atoms with Crippen molar-refractivity contribution in [1.29, 1.82) is 0 Å². The predicted molar refractivity (Wildman–Crippen MR) is 365 cm³/mol. The Morgan fingerprint density at radius 1 is 0.131 bits per heavy atom. The Hall–Kier alpha value is -10.1. The standard InChI is InChI=1S/2C19H16.3C13H12.C7H8/c1-15-6-5-9-19(14-15)18-12-10-17(11-13-18)16-7-3-2-4-8-16;1-15-7-9-17(10-8-15)19-13-11-18(12-14-19)16-5-3-2-4-6-16;1-11-7-5-6-10-13(11)12-8-3-2-4-9-12;1-11-6-5-9-13(10-11)12-7-3-2-4-8-12;1-11-7-9-13(10-8-11)12-5-3-2-4-6-12;1-7-5-3-2-4-6-7/h2*2-14H,1H3;3*2-10H,1H3;2-6H,1H3. The zero-order chi connectivity index (χ0) is 58.6. The molecule has 0 heterocycles. The van der Waals surface area contributed by atoms with Crippen molar-refractivity contribution in [3.8, 4) is 77.9 Å². The van der Waals surface area contributed by atoms with Gasteiger partial charge in [-0.3, -0.25) is 0 Å². The second kappa shape index (κ2) is 32.3. The Balaban J connectivity index is 0.000000134. The molecular formula is C84H76. The highest BCUT2D eigenvalue weighted by atomic mass is 14.1. The van der Waals surface area contributed by atoms with Crippen molar-refractivity contribution in [2.75, 3.05) is 0 Å². The fraction of sp³-hybridized carbons (Fsp3) is 0.0714. The molecule has 0 fully saturated rings. The lowest BCUT2D eigenvalue weighted by molar-refractivity contribution is 1.46. The van der Waals surface area contributed by atoms with Crippen LogP contribution in [0.25, 0.3) is 77.9 Å². The Labute approximate surface area is 501 Å². The normalized spacial score (nSPS) is 10.0. The van der Waals surface area contributed by atoms with Gasteiger partial charge >= 0.3 is 0 Å². The zero-order valence-corrected chi connectivity index (χ0v) is 49.5. The molecule has 84 heavy (non-hydrogen) atoms. The van der Waals surface area contributed by atoms with E-state index in [1.807, 2.05) is 48.5 Å². The molecular weight excluding hydrogens is 1010 g/mol. The molecule has 0 saturated carbocycles. The van der Waals surface area contributed by atoms with Crippen molar-refractivity contribution in [2.45, 2.75) is 41.5 Å². The van der Waals surface area contributed by atoms with Gasteiger partial charge in [-0.25, -0.2) is 0 Å². The van der Waals surface area contributed by atoms with Crippen molar-refractivity contribution in [1.82, 2.24) is 0 Å². The van der Waals surface area contributed by atoms with Crippen molar-refractivity contribution in [2.24, 2.45) is 0 Å². The molecule has 412 valence electrons. The number of aryl methyl sites for hydroxylation is 6. The van der Waals surface area contributed by atoms with Crippen LogP contribution in [-0.2, 0) is 0 Å². The van der Waals surface area contributed by atoms with E-state index in [2.05, 4.69) is 345 Å². The molecule has 0 saturated heterocycles. The summed E-state index contributed by atoms with van der Waals surface area (Å²) < 4.78 is 0. The molecule has 13 aromatic rings. The second-order valence-corrected chi connectivity index (χ2v) is 20.9. The Morgan fingerprint density at radius 2 is 0.333 bits per heavy atom. The van der Waals surface area contributed by atoms with E-state index >= 15 is 0 Å². The van der Waals surface area contributed by atoms with Gasteiger partial charge in [0, 0.05) is 0 Å². The minimum atomic E-state index is 1.26. The van der Waals surface area contributed by atoms with Crippen LogP contribution in [0.4, 0.5) is 0 Å². The summed E-state index contributed by atoms with van der Waals surface area (Å²) >= 11 is 0. The van der Waals surface area contributed by atoms with E-state index < -0.39 is 0 Å². The van der Waals surface area contributed by atoms with Crippen molar-refractivity contribution >= 4 is 0 Å². The maximum absolute atomic E-state index is 2.22. The number of hydrogen-bond donors (Lipinski definition) is 0. The summed E-state index contributed by atoms with van der Waals surface area (Å²) in [4.78, 5) is 0. The summed E-state index contributed by atoms with van der Waals surface area (Å²) in [5.74, 6) is 0. The van der Waals surface area contributed by atoms with Crippen LogP contribution in [0.1, 0.15) is 33.4 Å². The van der Waals surface area contributed by atoms with E-state index in [0.717, 1.165) is 0 Å². The molecule has 13 aromatic carbocycles. The van der Waals surface area contributed by atoms with E-state index in [1.165, 1.54) is 111 Å². The van der Waals surface area contributed by atoms with Crippen molar-refractivity contribution in [3.05, 3.63) is 385 Å². The molecule has 0 aliphatic heterocycles. The highest BCUT2D eigenvalue weighted by molar-refractivity contribution is 5.73. The van der Waals surface area contributed by atoms with Crippen LogP contribution in [0.3, 0.4) is 0 Å². The van der Waals surface area contributed by atoms with Crippen LogP contribution >= 0.6 is 0 Å². The lowest BCUT2D eigenvalue weighted by Gasteiger charge is -2.05. The number of rotatable bonds is 7. The van der Waals surface area contributed by atoms with Crippen molar-refractivity contribution in [3.63, 3.8) is 0 Å². The van der Waals surface area contributed by atoms with Gasteiger partial charge in [0.15, 0.2) is 0 Å². The molecule has 0 aliphatic carbocycles. The molecule has 0 amide bonds. The summed E-state index contributed by atoms with van der Waals surface area (Å²) in [7, 11) is 0. The molecule has 0 N–H and O–H groups in total. The van der Waals surface area contributed by atoms with Gasteiger partial charge in [0.1, 0.15) is 0 Å². The number of hydrogen-bond acceptors (Lipinski definition) is 0.